The Balaban J connectivity index is 1.84. The molecule has 0 aromatic carbocycles. The fraction of sp³-hybridized carbons (Fsp3) is 0.818. The number of hydrogen-bond donors (Lipinski definition) is 0. The summed E-state index contributed by atoms with van der Waals surface area (Å²) >= 11 is 0. The normalized spacial score (nSPS) is 26.4. The zero-order chi connectivity index (χ0) is 13.6. The maximum atomic E-state index is 12.3. The molecular weight excluding hydrogens is 249 g/mol. The first kappa shape index (κ1) is 13.2. The van der Waals surface area contributed by atoms with Gasteiger partial charge in [-0.05, 0) is 6.92 Å². The van der Waals surface area contributed by atoms with E-state index < -0.39 is 24.1 Å². The number of amides is 1. The summed E-state index contributed by atoms with van der Waals surface area (Å²) in [5.74, 6) is -0.268. The lowest BCUT2D eigenvalue weighted by molar-refractivity contribution is -0.185. The first-order valence-corrected chi connectivity index (χ1v) is 5.73. The van der Waals surface area contributed by atoms with Crippen LogP contribution in [0.15, 0.2) is 5.16 Å². The Morgan fingerprint density at radius 1 is 1.56 bits per heavy atom. The van der Waals surface area contributed by atoms with Gasteiger partial charge in [0.1, 0.15) is 0 Å². The van der Waals surface area contributed by atoms with Gasteiger partial charge in [-0.25, -0.2) is 0 Å². The highest BCUT2D eigenvalue weighted by Gasteiger charge is 2.49. The van der Waals surface area contributed by atoms with Crippen molar-refractivity contribution in [2.75, 3.05) is 13.1 Å². The molecule has 2 heterocycles. The molecule has 2 aliphatic heterocycles. The molecule has 102 valence electrons. The van der Waals surface area contributed by atoms with Crippen LogP contribution in [-0.4, -0.2) is 41.9 Å². The summed E-state index contributed by atoms with van der Waals surface area (Å²) < 4.78 is 36.9. The van der Waals surface area contributed by atoms with Gasteiger partial charge in [-0.3, -0.25) is 4.79 Å². The molecule has 2 rings (SSSR count). The highest BCUT2D eigenvalue weighted by Crippen LogP contribution is 2.40. The van der Waals surface area contributed by atoms with E-state index in [-0.39, 0.29) is 19.0 Å². The van der Waals surface area contributed by atoms with Crippen LogP contribution in [0.2, 0.25) is 0 Å². The van der Waals surface area contributed by atoms with Gasteiger partial charge in [0, 0.05) is 24.9 Å². The van der Waals surface area contributed by atoms with Crippen molar-refractivity contribution in [2.24, 2.45) is 10.6 Å². The van der Waals surface area contributed by atoms with Gasteiger partial charge >= 0.3 is 6.18 Å². The van der Waals surface area contributed by atoms with Gasteiger partial charge < -0.3 is 9.74 Å². The molecule has 1 amide bonds. The van der Waals surface area contributed by atoms with E-state index in [1.54, 1.807) is 13.8 Å². The van der Waals surface area contributed by atoms with E-state index in [1.165, 1.54) is 4.90 Å². The first-order valence-electron chi connectivity index (χ1n) is 5.73. The predicted molar refractivity (Wildman–Crippen MR) is 58.0 cm³/mol. The minimum atomic E-state index is -4.19. The van der Waals surface area contributed by atoms with Crippen LogP contribution in [0.1, 0.15) is 26.7 Å². The van der Waals surface area contributed by atoms with Crippen LogP contribution >= 0.6 is 0 Å². The van der Waals surface area contributed by atoms with Gasteiger partial charge in [-0.2, -0.15) is 13.2 Å². The number of oxime groups is 1. The molecule has 0 saturated carbocycles. The second-order valence-electron chi connectivity index (χ2n) is 5.42. The van der Waals surface area contributed by atoms with E-state index in [9.17, 15) is 18.0 Å². The fourth-order valence-electron chi connectivity index (χ4n) is 2.46. The Hall–Kier alpha value is -1.27. The van der Waals surface area contributed by atoms with Gasteiger partial charge in [-0.1, -0.05) is 12.1 Å². The number of halogens is 3. The molecule has 1 unspecified atom stereocenters. The summed E-state index contributed by atoms with van der Waals surface area (Å²) in [5, 5.41) is 3.66. The zero-order valence-electron chi connectivity index (χ0n) is 10.3. The standard InChI is InChI=1S/C11H15F3N2O2/c1-7-3-8(18-15-7)9(17)16-5-10(2,6-16)4-11(12,13)14/h8H,3-6H2,1-2H3. The Morgan fingerprint density at radius 2 is 2.17 bits per heavy atom. The lowest BCUT2D eigenvalue weighted by Crippen LogP contribution is -2.60. The smallest absolute Gasteiger partial charge is 0.382 e. The Kier molecular flexibility index (Phi) is 3.03. The van der Waals surface area contributed by atoms with E-state index >= 15 is 0 Å². The van der Waals surface area contributed by atoms with Crippen molar-refractivity contribution < 1.29 is 22.8 Å². The maximum Gasteiger partial charge on any atom is 0.389 e. The molecule has 4 nitrogen and oxygen atoms in total. The topological polar surface area (TPSA) is 41.9 Å². The molecule has 0 aromatic rings. The molecule has 0 N–H and O–H groups in total. The molecule has 1 atom stereocenters. The quantitative estimate of drug-likeness (QED) is 0.765. The predicted octanol–water partition coefficient (Wildman–Crippen LogP) is 1.95. The van der Waals surface area contributed by atoms with E-state index in [1.807, 2.05) is 0 Å². The molecule has 2 aliphatic rings. The molecule has 0 aromatic heterocycles. The monoisotopic (exact) mass is 264 g/mol. The summed E-state index contributed by atoms with van der Waals surface area (Å²) in [6.45, 7) is 3.55. The summed E-state index contributed by atoms with van der Waals surface area (Å²) in [6.07, 6.45) is -5.27. The van der Waals surface area contributed by atoms with Crippen LogP contribution in [0.25, 0.3) is 0 Å². The van der Waals surface area contributed by atoms with E-state index in [0.29, 0.717) is 6.42 Å². The van der Waals surface area contributed by atoms with Crippen LogP contribution in [0, 0.1) is 5.41 Å². The lowest BCUT2D eigenvalue weighted by Gasteiger charge is -2.48. The van der Waals surface area contributed by atoms with Crippen LogP contribution in [-0.2, 0) is 9.63 Å². The number of alkyl halides is 3. The third kappa shape index (κ3) is 2.76. The fourth-order valence-corrected chi connectivity index (χ4v) is 2.46. The average molecular weight is 264 g/mol. The lowest BCUT2D eigenvalue weighted by atomic mass is 9.78. The van der Waals surface area contributed by atoms with Crippen molar-refractivity contribution in [3.63, 3.8) is 0 Å². The van der Waals surface area contributed by atoms with Crippen molar-refractivity contribution >= 4 is 11.6 Å². The number of nitrogens with zero attached hydrogens (tertiary/aromatic N) is 2. The Bertz CT molecular complexity index is 386. The largest absolute Gasteiger partial charge is 0.389 e. The van der Waals surface area contributed by atoms with Crippen molar-refractivity contribution in [1.29, 1.82) is 0 Å². The summed E-state index contributed by atoms with van der Waals surface area (Å²) in [6, 6.07) is 0. The molecule has 0 bridgehead atoms. The van der Waals surface area contributed by atoms with Gasteiger partial charge in [-0.15, -0.1) is 0 Å². The minimum Gasteiger partial charge on any atom is -0.382 e. The number of rotatable bonds is 2. The van der Waals surface area contributed by atoms with Crippen LogP contribution in [0.4, 0.5) is 13.2 Å². The molecule has 0 radical (unpaired) electrons. The minimum absolute atomic E-state index is 0.129. The van der Waals surface area contributed by atoms with E-state index in [0.717, 1.165) is 5.71 Å². The molecule has 7 heteroatoms. The Morgan fingerprint density at radius 3 is 2.61 bits per heavy atom. The Labute approximate surface area is 103 Å². The number of likely N-dealkylation sites (tertiary alicyclic amines) is 1. The second-order valence-corrected chi connectivity index (χ2v) is 5.42. The highest BCUT2D eigenvalue weighted by atomic mass is 19.4. The maximum absolute atomic E-state index is 12.3. The molecular formula is C11H15F3N2O2. The highest BCUT2D eigenvalue weighted by molar-refractivity contribution is 5.91. The van der Waals surface area contributed by atoms with Gasteiger partial charge in [0.15, 0.2) is 0 Å². The van der Waals surface area contributed by atoms with E-state index in [4.69, 9.17) is 4.84 Å². The zero-order valence-corrected chi connectivity index (χ0v) is 10.3. The summed E-state index contributed by atoms with van der Waals surface area (Å²) in [4.78, 5) is 18.2. The third-order valence-corrected chi connectivity index (χ3v) is 3.18. The number of carbonyl (C=O) groups excluding carboxylic acids is 1. The number of carbonyl (C=O) groups is 1. The molecule has 1 saturated heterocycles. The number of hydrogen-bond acceptors (Lipinski definition) is 3. The van der Waals surface area contributed by atoms with Gasteiger partial charge in [0.25, 0.3) is 5.91 Å². The van der Waals surface area contributed by atoms with Crippen LogP contribution in [0.3, 0.4) is 0 Å². The molecule has 0 spiro atoms. The molecule has 18 heavy (non-hydrogen) atoms. The van der Waals surface area contributed by atoms with Crippen molar-refractivity contribution in [3.05, 3.63) is 0 Å². The van der Waals surface area contributed by atoms with Gasteiger partial charge in [0.05, 0.1) is 12.1 Å². The van der Waals surface area contributed by atoms with Gasteiger partial charge in [0.2, 0.25) is 6.10 Å². The average Bonchev–Trinajstić information content (AvgIpc) is 2.57. The first-order chi connectivity index (χ1) is 8.19. The van der Waals surface area contributed by atoms with Crippen molar-refractivity contribution in [3.8, 4) is 0 Å². The van der Waals surface area contributed by atoms with Crippen LogP contribution < -0.4 is 0 Å². The second kappa shape index (κ2) is 4.13. The SMILES string of the molecule is CC1=NOC(C(=O)N2CC(C)(CC(F)(F)F)C2)C1. The van der Waals surface area contributed by atoms with Crippen molar-refractivity contribution in [2.45, 2.75) is 39.0 Å². The van der Waals surface area contributed by atoms with Crippen LogP contribution in [0.5, 0.6) is 0 Å². The summed E-state index contributed by atoms with van der Waals surface area (Å²) in [7, 11) is 0. The summed E-state index contributed by atoms with van der Waals surface area (Å²) in [5.41, 5.74) is -0.130. The molecule has 0 aliphatic carbocycles. The van der Waals surface area contributed by atoms with Crippen molar-refractivity contribution in [1.82, 2.24) is 4.90 Å². The third-order valence-electron chi connectivity index (χ3n) is 3.18. The van der Waals surface area contributed by atoms with E-state index in [2.05, 4.69) is 5.16 Å². The molecule has 1 fully saturated rings.